The van der Waals surface area contributed by atoms with Crippen molar-refractivity contribution in [3.8, 4) is 11.8 Å². The lowest BCUT2D eigenvalue weighted by atomic mass is 9.80. The molecule has 0 N–H and O–H groups in total. The molecule has 0 radical (unpaired) electrons. The maximum absolute atomic E-state index is 12.5. The van der Waals surface area contributed by atoms with Gasteiger partial charge in [-0.05, 0) is 67.9 Å². The molecule has 0 atom stereocenters. The minimum atomic E-state index is -4.29. The van der Waals surface area contributed by atoms with E-state index >= 15 is 0 Å². The molecule has 1 aliphatic carbocycles. The van der Waals surface area contributed by atoms with E-state index in [4.69, 9.17) is 0 Å². The second-order valence-corrected chi connectivity index (χ2v) is 6.27. The quantitative estimate of drug-likeness (QED) is 0.580. The van der Waals surface area contributed by atoms with Crippen molar-refractivity contribution in [3.63, 3.8) is 0 Å². The molecular formula is C20H23F3. The smallest absolute Gasteiger partial charge is 0.166 e. The SMILES string of the molecule is CCCC1CCC(/C=C/C#Cc2ccc(C(F)(F)F)cc2)CC1. The Kier molecular flexibility index (Phi) is 6.33. The fourth-order valence-corrected chi connectivity index (χ4v) is 3.13. The zero-order chi connectivity index (χ0) is 16.7. The van der Waals surface area contributed by atoms with E-state index in [0.29, 0.717) is 11.5 Å². The van der Waals surface area contributed by atoms with Crippen molar-refractivity contribution >= 4 is 0 Å². The van der Waals surface area contributed by atoms with Crippen molar-refractivity contribution in [2.75, 3.05) is 0 Å². The highest BCUT2D eigenvalue weighted by atomic mass is 19.4. The van der Waals surface area contributed by atoms with E-state index in [1.807, 2.05) is 6.08 Å². The zero-order valence-electron chi connectivity index (χ0n) is 13.5. The third-order valence-corrected chi connectivity index (χ3v) is 4.47. The van der Waals surface area contributed by atoms with Crippen LogP contribution < -0.4 is 0 Å². The minimum Gasteiger partial charge on any atom is -0.166 e. The van der Waals surface area contributed by atoms with Crippen LogP contribution in [0.25, 0.3) is 0 Å². The van der Waals surface area contributed by atoms with E-state index < -0.39 is 11.7 Å². The van der Waals surface area contributed by atoms with Crippen LogP contribution in [0.3, 0.4) is 0 Å². The molecule has 0 nitrogen and oxygen atoms in total. The molecule has 1 aromatic carbocycles. The van der Waals surface area contributed by atoms with E-state index in [1.54, 1.807) is 0 Å². The molecule has 0 aliphatic heterocycles. The van der Waals surface area contributed by atoms with E-state index in [-0.39, 0.29) is 0 Å². The first-order valence-corrected chi connectivity index (χ1v) is 8.34. The summed E-state index contributed by atoms with van der Waals surface area (Å²) in [6.45, 7) is 2.24. The minimum absolute atomic E-state index is 0.602. The Morgan fingerprint density at radius 1 is 1.09 bits per heavy atom. The van der Waals surface area contributed by atoms with Gasteiger partial charge in [-0.2, -0.15) is 13.2 Å². The van der Waals surface area contributed by atoms with Gasteiger partial charge in [-0.15, -0.1) is 0 Å². The molecule has 0 bridgehead atoms. The van der Waals surface area contributed by atoms with Gasteiger partial charge in [0.1, 0.15) is 0 Å². The monoisotopic (exact) mass is 320 g/mol. The fraction of sp³-hybridized carbons (Fsp3) is 0.500. The summed E-state index contributed by atoms with van der Waals surface area (Å²) in [7, 11) is 0. The Labute approximate surface area is 136 Å². The molecule has 1 aliphatic rings. The Morgan fingerprint density at radius 3 is 2.30 bits per heavy atom. The van der Waals surface area contributed by atoms with Crippen LogP contribution in [0.1, 0.15) is 56.6 Å². The largest absolute Gasteiger partial charge is 0.416 e. The molecule has 3 heteroatoms. The van der Waals surface area contributed by atoms with E-state index in [9.17, 15) is 13.2 Å². The predicted octanol–water partition coefficient (Wildman–Crippen LogP) is 6.22. The van der Waals surface area contributed by atoms with Gasteiger partial charge in [0.15, 0.2) is 0 Å². The number of halogens is 3. The standard InChI is InChI=1S/C20H23F3/c1-2-5-16-8-10-17(11-9-16)6-3-4-7-18-12-14-19(15-13-18)20(21,22)23/h3,6,12-17H,2,5,8-11H2,1H3/b6-3+. The molecule has 2 rings (SSSR count). The van der Waals surface area contributed by atoms with Crippen LogP contribution in [-0.2, 0) is 6.18 Å². The molecule has 0 saturated heterocycles. The van der Waals surface area contributed by atoms with Gasteiger partial charge in [0.25, 0.3) is 0 Å². The summed E-state index contributed by atoms with van der Waals surface area (Å²) < 4.78 is 37.4. The summed E-state index contributed by atoms with van der Waals surface area (Å²) in [5.41, 5.74) is -0.0308. The summed E-state index contributed by atoms with van der Waals surface area (Å²) in [6, 6.07) is 4.98. The molecule has 0 amide bonds. The van der Waals surface area contributed by atoms with Crippen LogP contribution in [0, 0.1) is 23.7 Å². The van der Waals surface area contributed by atoms with Gasteiger partial charge < -0.3 is 0 Å². The van der Waals surface area contributed by atoms with Crippen molar-refractivity contribution in [1.82, 2.24) is 0 Å². The molecule has 1 aromatic rings. The summed E-state index contributed by atoms with van der Waals surface area (Å²) >= 11 is 0. The lowest BCUT2D eigenvalue weighted by Gasteiger charge is -2.26. The lowest BCUT2D eigenvalue weighted by molar-refractivity contribution is -0.137. The maximum Gasteiger partial charge on any atom is 0.416 e. The maximum atomic E-state index is 12.5. The van der Waals surface area contributed by atoms with Gasteiger partial charge in [-0.3, -0.25) is 0 Å². The Bertz CT molecular complexity index is 562. The normalized spacial score (nSPS) is 21.9. The van der Waals surface area contributed by atoms with Gasteiger partial charge >= 0.3 is 6.18 Å². The van der Waals surface area contributed by atoms with Gasteiger partial charge in [-0.1, -0.05) is 37.7 Å². The van der Waals surface area contributed by atoms with Gasteiger partial charge in [0.05, 0.1) is 5.56 Å². The van der Waals surface area contributed by atoms with E-state index in [2.05, 4.69) is 24.8 Å². The molecule has 0 unspecified atom stereocenters. The molecular weight excluding hydrogens is 297 g/mol. The van der Waals surface area contributed by atoms with Crippen molar-refractivity contribution < 1.29 is 13.2 Å². The second-order valence-electron chi connectivity index (χ2n) is 6.27. The predicted molar refractivity (Wildman–Crippen MR) is 87.8 cm³/mol. The van der Waals surface area contributed by atoms with Crippen LogP contribution in [0.4, 0.5) is 13.2 Å². The third-order valence-electron chi connectivity index (χ3n) is 4.47. The second kappa shape index (κ2) is 8.24. The number of hydrogen-bond donors (Lipinski definition) is 0. The summed E-state index contributed by atoms with van der Waals surface area (Å²) in [4.78, 5) is 0. The summed E-state index contributed by atoms with van der Waals surface area (Å²) in [5, 5.41) is 0. The van der Waals surface area contributed by atoms with Gasteiger partial charge in [-0.25, -0.2) is 0 Å². The van der Waals surface area contributed by atoms with Crippen molar-refractivity contribution in [2.45, 2.75) is 51.6 Å². The number of benzene rings is 1. The van der Waals surface area contributed by atoms with Crippen LogP contribution in [0.15, 0.2) is 36.4 Å². The van der Waals surface area contributed by atoms with Crippen LogP contribution >= 0.6 is 0 Å². The Hall–Kier alpha value is -1.69. The number of alkyl halides is 3. The van der Waals surface area contributed by atoms with Crippen molar-refractivity contribution in [3.05, 3.63) is 47.5 Å². The highest BCUT2D eigenvalue weighted by Crippen LogP contribution is 2.32. The molecule has 1 fully saturated rings. The van der Waals surface area contributed by atoms with E-state index in [0.717, 1.165) is 18.1 Å². The van der Waals surface area contributed by atoms with Gasteiger partial charge in [0.2, 0.25) is 0 Å². The van der Waals surface area contributed by atoms with Crippen LogP contribution in [0.2, 0.25) is 0 Å². The topological polar surface area (TPSA) is 0 Å². The first-order chi connectivity index (χ1) is 11.0. The third kappa shape index (κ3) is 5.78. The number of hydrogen-bond acceptors (Lipinski definition) is 0. The molecule has 23 heavy (non-hydrogen) atoms. The average molecular weight is 320 g/mol. The van der Waals surface area contributed by atoms with Crippen molar-refractivity contribution in [2.24, 2.45) is 11.8 Å². The molecule has 0 aromatic heterocycles. The molecule has 1 saturated carbocycles. The lowest BCUT2D eigenvalue weighted by Crippen LogP contribution is -2.12. The summed E-state index contributed by atoms with van der Waals surface area (Å²) in [5.74, 6) is 7.31. The Morgan fingerprint density at radius 2 is 1.74 bits per heavy atom. The first-order valence-electron chi connectivity index (χ1n) is 8.34. The van der Waals surface area contributed by atoms with Gasteiger partial charge in [0, 0.05) is 5.56 Å². The Balaban J connectivity index is 1.84. The van der Waals surface area contributed by atoms with Crippen LogP contribution in [0.5, 0.6) is 0 Å². The number of rotatable bonds is 3. The average Bonchev–Trinajstić information content (AvgIpc) is 2.53. The number of allylic oxidation sites excluding steroid dienone is 2. The fourth-order valence-electron chi connectivity index (χ4n) is 3.13. The summed E-state index contributed by atoms with van der Waals surface area (Å²) in [6.07, 6.45) is 7.37. The molecule has 124 valence electrons. The molecule has 0 spiro atoms. The zero-order valence-corrected chi connectivity index (χ0v) is 13.5. The highest BCUT2D eigenvalue weighted by molar-refractivity contribution is 5.39. The highest BCUT2D eigenvalue weighted by Gasteiger charge is 2.29. The molecule has 0 heterocycles. The van der Waals surface area contributed by atoms with Crippen molar-refractivity contribution in [1.29, 1.82) is 0 Å². The first kappa shape index (κ1) is 17.7. The van der Waals surface area contributed by atoms with E-state index in [1.165, 1.54) is 50.7 Å². The van der Waals surface area contributed by atoms with Crippen LogP contribution in [-0.4, -0.2) is 0 Å².